The van der Waals surface area contributed by atoms with Crippen LogP contribution in [-0.4, -0.2) is 22.1 Å². The molecule has 0 bridgehead atoms. The number of rotatable bonds is 6. The van der Waals surface area contributed by atoms with Crippen molar-refractivity contribution >= 4 is 11.8 Å². The number of thioether (sulfide) groups is 1. The van der Waals surface area contributed by atoms with Crippen molar-refractivity contribution < 1.29 is 10.2 Å². The van der Waals surface area contributed by atoms with Crippen LogP contribution in [0.3, 0.4) is 0 Å². The highest BCUT2D eigenvalue weighted by molar-refractivity contribution is 7.99. The SMILES string of the molecule is CCCCC(SCC)c1cc2c(cc1O)CCC1C2CC[C@@]2(C)C1CC[C@@H]2O. The molecule has 4 unspecified atom stereocenters. The van der Waals surface area contributed by atoms with Crippen molar-refractivity contribution in [1.29, 1.82) is 0 Å². The molecule has 0 heterocycles. The number of hydrogen-bond donors (Lipinski definition) is 2. The number of fused-ring (bicyclic) bond motifs is 5. The van der Waals surface area contributed by atoms with E-state index in [0.717, 1.165) is 31.4 Å². The number of unbranched alkanes of at least 4 members (excludes halogenated alkanes) is 1. The highest BCUT2D eigenvalue weighted by Gasteiger charge is 2.54. The number of phenolic OH excluding ortho intramolecular Hbond substituents is 1. The Morgan fingerprint density at radius 1 is 1.18 bits per heavy atom. The molecule has 0 radical (unpaired) electrons. The lowest BCUT2D eigenvalue weighted by Gasteiger charge is -2.50. The first-order valence-electron chi connectivity index (χ1n) is 11.6. The summed E-state index contributed by atoms with van der Waals surface area (Å²) < 4.78 is 0. The Bertz CT molecular complexity index is 702. The van der Waals surface area contributed by atoms with E-state index in [2.05, 4.69) is 32.9 Å². The zero-order valence-electron chi connectivity index (χ0n) is 17.9. The fourth-order valence-corrected chi connectivity index (χ4v) is 7.88. The summed E-state index contributed by atoms with van der Waals surface area (Å²) in [5.41, 5.74) is 4.24. The predicted molar refractivity (Wildman–Crippen MR) is 119 cm³/mol. The van der Waals surface area contributed by atoms with Gasteiger partial charge in [-0.1, -0.05) is 39.7 Å². The zero-order chi connectivity index (χ0) is 19.9. The number of hydrogen-bond acceptors (Lipinski definition) is 3. The van der Waals surface area contributed by atoms with Crippen molar-refractivity contribution in [3.63, 3.8) is 0 Å². The Balaban J connectivity index is 1.66. The van der Waals surface area contributed by atoms with E-state index in [0.29, 0.717) is 28.8 Å². The summed E-state index contributed by atoms with van der Waals surface area (Å²) in [6, 6.07) is 4.51. The lowest BCUT2D eigenvalue weighted by atomic mass is 9.55. The van der Waals surface area contributed by atoms with E-state index >= 15 is 0 Å². The van der Waals surface area contributed by atoms with Crippen LogP contribution in [0.1, 0.15) is 100.0 Å². The molecule has 3 aliphatic carbocycles. The molecule has 0 saturated heterocycles. The third-order valence-electron chi connectivity index (χ3n) is 8.36. The summed E-state index contributed by atoms with van der Waals surface area (Å²) in [7, 11) is 0. The van der Waals surface area contributed by atoms with Crippen LogP contribution in [0.15, 0.2) is 12.1 Å². The summed E-state index contributed by atoms with van der Waals surface area (Å²) in [4.78, 5) is 0. The lowest BCUT2D eigenvalue weighted by Crippen LogP contribution is -2.43. The van der Waals surface area contributed by atoms with E-state index in [9.17, 15) is 10.2 Å². The molecule has 0 aromatic heterocycles. The minimum absolute atomic E-state index is 0.102. The fourth-order valence-electron chi connectivity index (χ4n) is 6.78. The summed E-state index contributed by atoms with van der Waals surface area (Å²) in [5, 5.41) is 21.9. The summed E-state index contributed by atoms with van der Waals surface area (Å²) in [6.45, 7) is 6.82. The molecule has 2 fully saturated rings. The molecule has 3 aliphatic rings. The molecule has 28 heavy (non-hydrogen) atoms. The van der Waals surface area contributed by atoms with Crippen LogP contribution in [0.2, 0.25) is 0 Å². The molecule has 1 aromatic rings. The molecule has 0 spiro atoms. The van der Waals surface area contributed by atoms with E-state index in [1.807, 2.05) is 11.8 Å². The molecule has 1 aromatic carbocycles. The first-order chi connectivity index (χ1) is 13.5. The summed E-state index contributed by atoms with van der Waals surface area (Å²) in [6.07, 6.45) is 10.3. The van der Waals surface area contributed by atoms with E-state index in [4.69, 9.17) is 0 Å². The van der Waals surface area contributed by atoms with Crippen LogP contribution in [-0.2, 0) is 6.42 Å². The van der Waals surface area contributed by atoms with Crippen molar-refractivity contribution in [2.45, 2.75) is 95.8 Å². The standard InChI is InChI=1S/C25H38O2S/c1-4-6-7-23(28-5-2)20-15-19-16(14-22(20)26)8-9-18-17(19)12-13-25(3)21(18)10-11-24(25)27/h14-15,17-18,21,23-24,26-27H,4-13H2,1-3H3/t17?,18?,21?,23?,24-,25-/m0/s1. The van der Waals surface area contributed by atoms with Crippen molar-refractivity contribution in [2.24, 2.45) is 17.3 Å². The van der Waals surface area contributed by atoms with Crippen molar-refractivity contribution in [3.05, 3.63) is 28.8 Å². The number of aryl methyl sites for hydroxylation is 1. The molecule has 3 heteroatoms. The molecule has 2 saturated carbocycles. The molecule has 2 nitrogen and oxygen atoms in total. The van der Waals surface area contributed by atoms with Crippen LogP contribution in [0, 0.1) is 17.3 Å². The monoisotopic (exact) mass is 402 g/mol. The van der Waals surface area contributed by atoms with E-state index in [-0.39, 0.29) is 11.5 Å². The second-order valence-electron chi connectivity index (χ2n) is 9.75. The second kappa shape index (κ2) is 8.22. The van der Waals surface area contributed by atoms with Gasteiger partial charge < -0.3 is 10.2 Å². The average Bonchev–Trinajstić information content (AvgIpc) is 2.99. The van der Waals surface area contributed by atoms with Crippen LogP contribution in [0.25, 0.3) is 0 Å². The third kappa shape index (κ3) is 3.41. The van der Waals surface area contributed by atoms with Gasteiger partial charge in [0, 0.05) is 10.8 Å². The molecule has 0 aliphatic heterocycles. The molecule has 6 atom stereocenters. The number of benzene rings is 1. The van der Waals surface area contributed by atoms with Crippen LogP contribution in [0.5, 0.6) is 5.75 Å². The maximum absolute atomic E-state index is 10.8. The molecular weight excluding hydrogens is 364 g/mol. The van der Waals surface area contributed by atoms with Gasteiger partial charge in [-0.15, -0.1) is 0 Å². The van der Waals surface area contributed by atoms with Gasteiger partial charge in [-0.25, -0.2) is 0 Å². The Hall–Kier alpha value is -0.670. The summed E-state index contributed by atoms with van der Waals surface area (Å²) >= 11 is 1.99. The van der Waals surface area contributed by atoms with Crippen LogP contribution < -0.4 is 0 Å². The van der Waals surface area contributed by atoms with Crippen molar-refractivity contribution in [2.75, 3.05) is 5.75 Å². The van der Waals surface area contributed by atoms with E-state index < -0.39 is 0 Å². The van der Waals surface area contributed by atoms with E-state index in [1.165, 1.54) is 48.8 Å². The third-order valence-corrected chi connectivity index (χ3v) is 9.58. The van der Waals surface area contributed by atoms with Gasteiger partial charge in [-0.3, -0.25) is 0 Å². The summed E-state index contributed by atoms with van der Waals surface area (Å²) in [5.74, 6) is 3.64. The van der Waals surface area contributed by atoms with Gasteiger partial charge >= 0.3 is 0 Å². The largest absolute Gasteiger partial charge is 0.508 e. The number of phenols is 1. The van der Waals surface area contributed by atoms with Gasteiger partial charge in [0.25, 0.3) is 0 Å². The molecule has 156 valence electrons. The van der Waals surface area contributed by atoms with Gasteiger partial charge in [-0.2, -0.15) is 11.8 Å². The molecule has 4 rings (SSSR count). The number of aliphatic hydroxyl groups excluding tert-OH is 1. The van der Waals surface area contributed by atoms with Gasteiger partial charge in [0.05, 0.1) is 6.10 Å². The normalized spacial score (nSPS) is 35.1. The maximum Gasteiger partial charge on any atom is 0.120 e. The van der Waals surface area contributed by atoms with Gasteiger partial charge in [0.15, 0.2) is 0 Å². The first kappa shape index (κ1) is 20.6. The predicted octanol–water partition coefficient (Wildman–Crippen LogP) is 6.59. The fraction of sp³-hybridized carbons (Fsp3) is 0.760. The Labute approximate surface area is 175 Å². The number of aliphatic hydroxyl groups is 1. The molecule has 0 amide bonds. The van der Waals surface area contributed by atoms with Gasteiger partial charge in [0.1, 0.15) is 5.75 Å². The quantitative estimate of drug-likeness (QED) is 0.563. The maximum atomic E-state index is 10.8. The van der Waals surface area contributed by atoms with Crippen molar-refractivity contribution in [3.8, 4) is 5.75 Å². The minimum Gasteiger partial charge on any atom is -0.508 e. The Morgan fingerprint density at radius 3 is 2.75 bits per heavy atom. The highest BCUT2D eigenvalue weighted by atomic mass is 32.2. The van der Waals surface area contributed by atoms with Crippen LogP contribution in [0.4, 0.5) is 0 Å². The zero-order valence-corrected chi connectivity index (χ0v) is 18.7. The van der Waals surface area contributed by atoms with E-state index in [1.54, 1.807) is 0 Å². The second-order valence-corrected chi connectivity index (χ2v) is 11.2. The first-order valence-corrected chi connectivity index (χ1v) is 12.7. The minimum atomic E-state index is -0.102. The van der Waals surface area contributed by atoms with Gasteiger partial charge in [0.2, 0.25) is 0 Å². The number of aromatic hydroxyl groups is 1. The van der Waals surface area contributed by atoms with Crippen molar-refractivity contribution in [1.82, 2.24) is 0 Å². The van der Waals surface area contributed by atoms with Crippen LogP contribution >= 0.6 is 11.8 Å². The average molecular weight is 403 g/mol. The van der Waals surface area contributed by atoms with Gasteiger partial charge in [-0.05, 0) is 91.1 Å². The molecular formula is C25H38O2S. The Kier molecular flexibility index (Phi) is 6.05. The lowest BCUT2D eigenvalue weighted by molar-refractivity contribution is -0.0226. The Morgan fingerprint density at radius 2 is 2.00 bits per heavy atom. The molecule has 2 N–H and O–H groups in total. The highest BCUT2D eigenvalue weighted by Crippen LogP contribution is 2.61. The topological polar surface area (TPSA) is 40.5 Å². The smallest absolute Gasteiger partial charge is 0.120 e.